The highest BCUT2D eigenvalue weighted by atomic mass is 16.5. The molecular weight excluding hydrogens is 406 g/mol. The van der Waals surface area contributed by atoms with Gasteiger partial charge in [-0.05, 0) is 48.9 Å². The predicted molar refractivity (Wildman–Crippen MR) is 122 cm³/mol. The van der Waals surface area contributed by atoms with E-state index >= 15 is 0 Å². The van der Waals surface area contributed by atoms with Crippen LogP contribution >= 0.6 is 0 Å². The van der Waals surface area contributed by atoms with Gasteiger partial charge in [-0.25, -0.2) is 9.78 Å². The van der Waals surface area contributed by atoms with E-state index in [4.69, 9.17) is 14.2 Å². The summed E-state index contributed by atoms with van der Waals surface area (Å²) < 4.78 is 16.5. The van der Waals surface area contributed by atoms with Gasteiger partial charge in [-0.3, -0.25) is 4.99 Å². The van der Waals surface area contributed by atoms with Crippen LogP contribution in [0.3, 0.4) is 0 Å². The van der Waals surface area contributed by atoms with Gasteiger partial charge in [0.2, 0.25) is 5.88 Å². The van der Waals surface area contributed by atoms with Crippen LogP contribution in [0.5, 0.6) is 11.6 Å². The average molecular weight is 431 g/mol. The molecule has 0 bridgehead atoms. The monoisotopic (exact) mass is 431 g/mol. The third-order valence-corrected chi connectivity index (χ3v) is 5.05. The Morgan fingerprint density at radius 3 is 2.56 bits per heavy atom. The van der Waals surface area contributed by atoms with Crippen LogP contribution in [0.2, 0.25) is 0 Å². The summed E-state index contributed by atoms with van der Waals surface area (Å²) in [4.78, 5) is 23.3. The molecule has 7 heteroatoms. The van der Waals surface area contributed by atoms with Crippen molar-refractivity contribution in [3.05, 3.63) is 84.1 Å². The summed E-state index contributed by atoms with van der Waals surface area (Å²) in [6, 6.07) is 20.8. The number of pyridine rings is 1. The largest absolute Gasteiger partial charge is 0.489 e. The van der Waals surface area contributed by atoms with E-state index in [1.54, 1.807) is 20.2 Å². The first kappa shape index (κ1) is 21.4. The zero-order chi connectivity index (χ0) is 22.3. The van der Waals surface area contributed by atoms with Crippen LogP contribution in [0.15, 0.2) is 77.9 Å². The van der Waals surface area contributed by atoms with E-state index in [9.17, 15) is 4.79 Å². The maximum atomic E-state index is 12.4. The molecule has 1 atom stereocenters. The van der Waals surface area contributed by atoms with Gasteiger partial charge in [-0.1, -0.05) is 30.3 Å². The number of aromatic nitrogens is 1. The molecule has 4 rings (SSSR count). The molecular formula is C25H25N3O4. The first-order valence-electron chi connectivity index (χ1n) is 10.5. The number of carbonyl (C=O) groups is 1. The van der Waals surface area contributed by atoms with E-state index in [1.165, 1.54) is 0 Å². The number of rotatable bonds is 8. The SMILES string of the molecule is CCOC(=O)C1CN(c2ccc(OCc3ccccc3)cc2)C(c2cccnc2OC)=N1. The molecule has 2 heterocycles. The van der Waals surface area contributed by atoms with Crippen molar-refractivity contribution in [2.24, 2.45) is 4.99 Å². The minimum atomic E-state index is -0.621. The highest BCUT2D eigenvalue weighted by Gasteiger charge is 2.34. The predicted octanol–water partition coefficient (Wildman–Crippen LogP) is 3.87. The standard InChI is InChI=1S/C25H25N3O4/c1-3-31-25(29)22-16-28(23(27-22)21-10-7-15-26-24(21)30-2)19-11-13-20(14-12-19)32-17-18-8-5-4-6-9-18/h4-15,22H,3,16-17H2,1-2H3. The molecule has 0 spiro atoms. The molecule has 0 amide bonds. The van der Waals surface area contributed by atoms with Gasteiger partial charge in [0.15, 0.2) is 6.04 Å². The van der Waals surface area contributed by atoms with Crippen molar-refractivity contribution in [1.82, 2.24) is 4.98 Å². The molecule has 3 aromatic rings. The minimum absolute atomic E-state index is 0.309. The van der Waals surface area contributed by atoms with Crippen molar-refractivity contribution < 1.29 is 19.0 Å². The summed E-state index contributed by atoms with van der Waals surface area (Å²) in [5, 5.41) is 0. The molecule has 1 unspecified atom stereocenters. The first-order chi connectivity index (χ1) is 15.7. The van der Waals surface area contributed by atoms with Crippen molar-refractivity contribution in [1.29, 1.82) is 0 Å². The van der Waals surface area contributed by atoms with Crippen molar-refractivity contribution in [2.45, 2.75) is 19.6 Å². The van der Waals surface area contributed by atoms with Gasteiger partial charge in [0.25, 0.3) is 0 Å². The second-order valence-corrected chi connectivity index (χ2v) is 7.16. The Bertz CT molecular complexity index is 1080. The van der Waals surface area contributed by atoms with Crippen LogP contribution < -0.4 is 14.4 Å². The number of hydrogen-bond acceptors (Lipinski definition) is 7. The molecule has 0 N–H and O–H groups in total. The quantitative estimate of drug-likeness (QED) is 0.504. The molecule has 0 radical (unpaired) electrons. The summed E-state index contributed by atoms with van der Waals surface area (Å²) in [5.41, 5.74) is 2.70. The Kier molecular flexibility index (Phi) is 6.65. The number of ether oxygens (including phenoxy) is 3. The summed E-state index contributed by atoms with van der Waals surface area (Å²) >= 11 is 0. The number of esters is 1. The van der Waals surface area contributed by atoms with Crippen LogP contribution in [-0.2, 0) is 16.1 Å². The van der Waals surface area contributed by atoms with Crippen molar-refractivity contribution in [2.75, 3.05) is 25.2 Å². The Morgan fingerprint density at radius 2 is 1.84 bits per heavy atom. The maximum absolute atomic E-state index is 12.4. The molecule has 0 saturated carbocycles. The minimum Gasteiger partial charge on any atom is -0.489 e. The number of amidine groups is 1. The number of carbonyl (C=O) groups excluding carboxylic acids is 1. The molecule has 0 fully saturated rings. The third kappa shape index (κ3) is 4.72. The van der Waals surface area contributed by atoms with Crippen molar-refractivity contribution in [3.63, 3.8) is 0 Å². The van der Waals surface area contributed by atoms with Crippen molar-refractivity contribution in [3.8, 4) is 11.6 Å². The first-order valence-corrected chi connectivity index (χ1v) is 10.5. The molecule has 2 aromatic carbocycles. The number of methoxy groups -OCH3 is 1. The number of benzene rings is 2. The molecule has 1 aliphatic rings. The fraction of sp³-hybridized carbons (Fsp3) is 0.240. The van der Waals surface area contributed by atoms with Gasteiger partial charge in [0.1, 0.15) is 18.2 Å². The average Bonchev–Trinajstić information content (AvgIpc) is 3.29. The van der Waals surface area contributed by atoms with Gasteiger partial charge in [-0.15, -0.1) is 0 Å². The van der Waals surface area contributed by atoms with E-state index in [2.05, 4.69) is 9.98 Å². The number of nitrogens with zero attached hydrogens (tertiary/aromatic N) is 3. The zero-order valence-corrected chi connectivity index (χ0v) is 18.1. The van der Waals surface area contributed by atoms with Crippen LogP contribution in [-0.4, -0.2) is 43.1 Å². The molecule has 0 saturated heterocycles. The summed E-state index contributed by atoms with van der Waals surface area (Å²) in [7, 11) is 1.56. The molecule has 0 aliphatic carbocycles. The fourth-order valence-corrected chi connectivity index (χ4v) is 3.51. The van der Waals surface area contributed by atoms with E-state index in [-0.39, 0.29) is 5.97 Å². The smallest absolute Gasteiger partial charge is 0.332 e. The summed E-state index contributed by atoms with van der Waals surface area (Å²) in [6.07, 6.45) is 1.66. The highest BCUT2D eigenvalue weighted by molar-refractivity contribution is 6.14. The lowest BCUT2D eigenvalue weighted by molar-refractivity contribution is -0.144. The molecule has 32 heavy (non-hydrogen) atoms. The molecule has 164 valence electrons. The summed E-state index contributed by atoms with van der Waals surface area (Å²) in [5.74, 6) is 1.48. The Hall–Kier alpha value is -3.87. The molecule has 1 aliphatic heterocycles. The van der Waals surface area contributed by atoms with Crippen molar-refractivity contribution >= 4 is 17.5 Å². The van der Waals surface area contributed by atoms with Gasteiger partial charge in [0.05, 0.1) is 25.8 Å². The lowest BCUT2D eigenvalue weighted by Gasteiger charge is -2.22. The lowest BCUT2D eigenvalue weighted by Crippen LogP contribution is -2.33. The number of anilines is 1. The Morgan fingerprint density at radius 1 is 1.06 bits per heavy atom. The normalized spacial score (nSPS) is 15.2. The van der Waals surface area contributed by atoms with Gasteiger partial charge < -0.3 is 19.1 Å². The zero-order valence-electron chi connectivity index (χ0n) is 18.1. The highest BCUT2D eigenvalue weighted by Crippen LogP contribution is 2.29. The fourth-order valence-electron chi connectivity index (χ4n) is 3.51. The van der Waals surface area contributed by atoms with Gasteiger partial charge in [-0.2, -0.15) is 0 Å². The van der Waals surface area contributed by atoms with Crippen LogP contribution in [0.25, 0.3) is 0 Å². The van der Waals surface area contributed by atoms with Gasteiger partial charge in [0, 0.05) is 11.9 Å². The topological polar surface area (TPSA) is 73.2 Å². The van der Waals surface area contributed by atoms with E-state index in [0.717, 1.165) is 17.0 Å². The lowest BCUT2D eigenvalue weighted by atomic mass is 10.2. The van der Waals surface area contributed by atoms with E-state index in [1.807, 2.05) is 71.6 Å². The second kappa shape index (κ2) is 9.96. The Labute approximate surface area is 187 Å². The van der Waals surface area contributed by atoms with Crippen LogP contribution in [0.1, 0.15) is 18.1 Å². The molecule has 7 nitrogen and oxygen atoms in total. The third-order valence-electron chi connectivity index (χ3n) is 5.05. The second-order valence-electron chi connectivity index (χ2n) is 7.16. The maximum Gasteiger partial charge on any atom is 0.332 e. The summed E-state index contributed by atoms with van der Waals surface area (Å²) in [6.45, 7) is 2.96. The molecule has 1 aromatic heterocycles. The number of aliphatic imine (C=N–C) groups is 1. The van der Waals surface area contributed by atoms with Gasteiger partial charge >= 0.3 is 5.97 Å². The number of hydrogen-bond donors (Lipinski definition) is 0. The van der Waals surface area contributed by atoms with E-state index in [0.29, 0.717) is 37.0 Å². The Balaban J connectivity index is 1.57. The van der Waals surface area contributed by atoms with E-state index < -0.39 is 6.04 Å². The van der Waals surface area contributed by atoms with Crippen LogP contribution in [0, 0.1) is 0 Å². The van der Waals surface area contributed by atoms with Crippen LogP contribution in [0.4, 0.5) is 5.69 Å².